The third-order valence-electron chi connectivity index (χ3n) is 4.29. The second-order valence-corrected chi connectivity index (χ2v) is 6.55. The Hall–Kier alpha value is -2.57. The van der Waals surface area contributed by atoms with Crippen molar-refractivity contribution in [2.45, 2.75) is 39.7 Å². The van der Waals surface area contributed by atoms with Crippen molar-refractivity contribution < 1.29 is 19.1 Å². The number of rotatable bonds is 7. The van der Waals surface area contributed by atoms with E-state index in [-0.39, 0.29) is 30.8 Å². The van der Waals surface area contributed by atoms with Crippen molar-refractivity contribution in [1.82, 2.24) is 10.6 Å². The van der Waals surface area contributed by atoms with Gasteiger partial charge in [-0.15, -0.1) is 0 Å². The number of fused-ring (bicyclic) bond motifs is 1. The quantitative estimate of drug-likeness (QED) is 0.726. The Kier molecular flexibility index (Phi) is 7.00. The lowest BCUT2D eigenvalue weighted by Gasteiger charge is -2.27. The number of urea groups is 1. The number of hydrogen-bond acceptors (Lipinski definition) is 4. The van der Waals surface area contributed by atoms with Crippen LogP contribution in [0.3, 0.4) is 0 Å². The molecule has 0 radical (unpaired) electrons. The van der Waals surface area contributed by atoms with Crippen molar-refractivity contribution in [3.63, 3.8) is 0 Å². The van der Waals surface area contributed by atoms with Crippen molar-refractivity contribution in [3.8, 4) is 0 Å². The fourth-order valence-electron chi connectivity index (χ4n) is 2.95. The fourth-order valence-corrected chi connectivity index (χ4v) is 2.95. The minimum absolute atomic E-state index is 0.0638. The van der Waals surface area contributed by atoms with Gasteiger partial charge in [-0.1, -0.05) is 32.0 Å². The third-order valence-corrected chi connectivity index (χ3v) is 4.29. The Bertz CT molecular complexity index is 660. The van der Waals surface area contributed by atoms with Crippen LogP contribution in [0.2, 0.25) is 0 Å². The predicted molar refractivity (Wildman–Crippen MR) is 98.9 cm³/mol. The number of carbonyl (C=O) groups excluding carboxylic acids is 3. The van der Waals surface area contributed by atoms with Crippen LogP contribution in [0, 0.1) is 5.92 Å². The van der Waals surface area contributed by atoms with E-state index in [0.717, 1.165) is 17.7 Å². The molecule has 1 aliphatic heterocycles. The van der Waals surface area contributed by atoms with Gasteiger partial charge in [0.25, 0.3) is 0 Å². The van der Waals surface area contributed by atoms with Crippen LogP contribution in [0.5, 0.6) is 0 Å². The first-order chi connectivity index (χ1) is 12.4. The van der Waals surface area contributed by atoms with Gasteiger partial charge < -0.3 is 20.3 Å². The molecule has 26 heavy (non-hydrogen) atoms. The smallest absolute Gasteiger partial charge is 0.315 e. The zero-order chi connectivity index (χ0) is 19.1. The highest BCUT2D eigenvalue weighted by Crippen LogP contribution is 2.28. The lowest BCUT2D eigenvalue weighted by molar-refractivity contribution is -0.142. The minimum Gasteiger partial charge on any atom is -0.466 e. The Morgan fingerprint density at radius 1 is 1.23 bits per heavy atom. The van der Waals surface area contributed by atoms with Gasteiger partial charge in [0.2, 0.25) is 5.91 Å². The molecule has 0 saturated heterocycles. The molecule has 7 heteroatoms. The Labute approximate surface area is 154 Å². The molecule has 142 valence electrons. The maximum atomic E-state index is 13.0. The normalized spacial score (nSPS) is 13.9. The molecule has 0 saturated carbocycles. The molecule has 2 rings (SSSR count). The topological polar surface area (TPSA) is 87.7 Å². The molecule has 0 bridgehead atoms. The van der Waals surface area contributed by atoms with Gasteiger partial charge in [0.05, 0.1) is 13.0 Å². The van der Waals surface area contributed by atoms with Crippen LogP contribution in [-0.4, -0.2) is 43.6 Å². The monoisotopic (exact) mass is 361 g/mol. The lowest BCUT2D eigenvalue weighted by Crippen LogP contribution is -2.53. The van der Waals surface area contributed by atoms with Gasteiger partial charge in [0.15, 0.2) is 0 Å². The van der Waals surface area contributed by atoms with Crippen LogP contribution in [0.4, 0.5) is 10.5 Å². The summed E-state index contributed by atoms with van der Waals surface area (Å²) in [5.74, 6) is -0.547. The molecular weight excluding hydrogens is 334 g/mol. The summed E-state index contributed by atoms with van der Waals surface area (Å²) in [4.78, 5) is 38.1. The summed E-state index contributed by atoms with van der Waals surface area (Å²) < 4.78 is 4.81. The molecule has 1 atom stereocenters. The molecule has 1 heterocycles. The van der Waals surface area contributed by atoms with Gasteiger partial charge >= 0.3 is 12.0 Å². The highest BCUT2D eigenvalue weighted by molar-refractivity contribution is 6.00. The van der Waals surface area contributed by atoms with Crippen LogP contribution in [0.25, 0.3) is 0 Å². The molecule has 0 aliphatic carbocycles. The molecule has 2 N–H and O–H groups in total. The second kappa shape index (κ2) is 9.22. The van der Waals surface area contributed by atoms with Crippen LogP contribution in [-0.2, 0) is 20.7 Å². The SMILES string of the molecule is CCOC(=O)CCNC(=O)NC(C(=O)N1CCc2ccccc21)C(C)C. The van der Waals surface area contributed by atoms with E-state index in [9.17, 15) is 14.4 Å². The average molecular weight is 361 g/mol. The van der Waals surface area contributed by atoms with Crippen molar-refractivity contribution in [3.05, 3.63) is 29.8 Å². The van der Waals surface area contributed by atoms with Crippen LogP contribution in [0.15, 0.2) is 24.3 Å². The van der Waals surface area contributed by atoms with Gasteiger partial charge in [-0.3, -0.25) is 9.59 Å². The Balaban J connectivity index is 1.93. The van der Waals surface area contributed by atoms with E-state index in [0.29, 0.717) is 13.2 Å². The summed E-state index contributed by atoms with van der Waals surface area (Å²) in [5.41, 5.74) is 2.05. The summed E-state index contributed by atoms with van der Waals surface area (Å²) >= 11 is 0. The number of nitrogens with one attached hydrogen (secondary N) is 2. The molecule has 0 aromatic heterocycles. The Morgan fingerprint density at radius 3 is 2.65 bits per heavy atom. The predicted octanol–water partition coefficient (Wildman–Crippen LogP) is 1.85. The van der Waals surface area contributed by atoms with Gasteiger partial charge in [-0.25, -0.2) is 4.79 Å². The second-order valence-electron chi connectivity index (χ2n) is 6.55. The number of nitrogens with zero attached hydrogens (tertiary/aromatic N) is 1. The Morgan fingerprint density at radius 2 is 1.96 bits per heavy atom. The molecule has 1 aromatic carbocycles. The van der Waals surface area contributed by atoms with E-state index in [1.807, 2.05) is 38.1 Å². The molecule has 0 fully saturated rings. The van der Waals surface area contributed by atoms with Crippen molar-refractivity contribution in [2.75, 3.05) is 24.6 Å². The average Bonchev–Trinajstić information content (AvgIpc) is 3.03. The number of hydrogen-bond donors (Lipinski definition) is 2. The number of ether oxygens (including phenoxy) is 1. The maximum absolute atomic E-state index is 13.0. The maximum Gasteiger partial charge on any atom is 0.315 e. The molecule has 7 nitrogen and oxygen atoms in total. The third kappa shape index (κ3) is 4.97. The first-order valence-electron chi connectivity index (χ1n) is 9.03. The highest BCUT2D eigenvalue weighted by Gasteiger charge is 2.32. The lowest BCUT2D eigenvalue weighted by atomic mass is 10.0. The number of benzene rings is 1. The number of amides is 3. The molecule has 1 unspecified atom stereocenters. The fraction of sp³-hybridized carbons (Fsp3) is 0.526. The summed E-state index contributed by atoms with van der Waals surface area (Å²) in [6.45, 7) is 6.61. The van der Waals surface area contributed by atoms with Crippen molar-refractivity contribution >= 4 is 23.6 Å². The van der Waals surface area contributed by atoms with Gasteiger partial charge in [-0.2, -0.15) is 0 Å². The summed E-state index contributed by atoms with van der Waals surface area (Å²) in [5, 5.41) is 5.34. The minimum atomic E-state index is -0.635. The standard InChI is InChI=1S/C19H27N3O4/c1-4-26-16(23)9-11-20-19(25)21-17(13(2)3)18(24)22-12-10-14-7-5-6-8-15(14)22/h5-8,13,17H,4,9-12H2,1-3H3,(H2,20,21,25). The first kappa shape index (κ1) is 19.8. The van der Waals surface area contributed by atoms with E-state index in [1.165, 1.54) is 0 Å². The van der Waals surface area contributed by atoms with Crippen molar-refractivity contribution in [2.24, 2.45) is 5.92 Å². The highest BCUT2D eigenvalue weighted by atomic mass is 16.5. The molecule has 1 aliphatic rings. The zero-order valence-electron chi connectivity index (χ0n) is 15.6. The molecule has 3 amide bonds. The van der Waals surface area contributed by atoms with E-state index in [2.05, 4.69) is 10.6 Å². The number of anilines is 1. The number of carbonyl (C=O) groups is 3. The van der Waals surface area contributed by atoms with E-state index >= 15 is 0 Å². The molecular formula is C19H27N3O4. The molecule has 0 spiro atoms. The van der Waals surface area contributed by atoms with E-state index in [1.54, 1.807) is 11.8 Å². The largest absolute Gasteiger partial charge is 0.466 e. The summed E-state index contributed by atoms with van der Waals surface area (Å²) in [7, 11) is 0. The van der Waals surface area contributed by atoms with Gasteiger partial charge in [0, 0.05) is 18.8 Å². The van der Waals surface area contributed by atoms with Crippen molar-refractivity contribution in [1.29, 1.82) is 0 Å². The molecule has 1 aromatic rings. The summed E-state index contributed by atoms with van der Waals surface area (Å²) in [6, 6.07) is 6.71. The number of esters is 1. The van der Waals surface area contributed by atoms with Crippen LogP contribution >= 0.6 is 0 Å². The zero-order valence-corrected chi connectivity index (χ0v) is 15.6. The van der Waals surface area contributed by atoms with Crippen LogP contribution < -0.4 is 15.5 Å². The number of para-hydroxylation sites is 1. The first-order valence-corrected chi connectivity index (χ1v) is 9.03. The summed E-state index contributed by atoms with van der Waals surface area (Å²) in [6.07, 6.45) is 0.916. The van der Waals surface area contributed by atoms with E-state index in [4.69, 9.17) is 4.74 Å². The van der Waals surface area contributed by atoms with Gasteiger partial charge in [-0.05, 0) is 30.9 Å². The van der Waals surface area contributed by atoms with Crippen LogP contribution in [0.1, 0.15) is 32.8 Å². The van der Waals surface area contributed by atoms with E-state index < -0.39 is 12.1 Å². The van der Waals surface area contributed by atoms with Gasteiger partial charge in [0.1, 0.15) is 6.04 Å².